The van der Waals surface area contributed by atoms with Gasteiger partial charge in [-0.05, 0) is 38.0 Å². The lowest BCUT2D eigenvalue weighted by Gasteiger charge is -2.17. The highest BCUT2D eigenvalue weighted by atomic mass is 16.5. The van der Waals surface area contributed by atoms with Crippen LogP contribution in [0.2, 0.25) is 0 Å². The Morgan fingerprint density at radius 1 is 1.13 bits per heavy atom. The number of rotatable bonds is 9. The van der Waals surface area contributed by atoms with E-state index >= 15 is 0 Å². The molecular weight excluding hydrogens is 378 g/mol. The number of aryl methyl sites for hydroxylation is 1. The van der Waals surface area contributed by atoms with Gasteiger partial charge in [-0.2, -0.15) is 0 Å². The molecule has 0 radical (unpaired) electrons. The molecule has 1 unspecified atom stereocenters. The molecule has 2 N–H and O–H groups in total. The van der Waals surface area contributed by atoms with Crippen molar-refractivity contribution in [2.24, 2.45) is 10.9 Å². The van der Waals surface area contributed by atoms with Crippen molar-refractivity contribution in [1.82, 2.24) is 10.6 Å². The molecule has 0 aliphatic carbocycles. The maximum Gasteiger partial charge on any atom is 0.191 e. The molecule has 0 spiro atoms. The molecule has 0 aromatic heterocycles. The highest BCUT2D eigenvalue weighted by Gasteiger charge is 2.17. The summed E-state index contributed by atoms with van der Waals surface area (Å²) in [6.45, 7) is 8.43. The number of nitrogens with one attached hydrogen (secondary N) is 2. The van der Waals surface area contributed by atoms with Gasteiger partial charge in [-0.15, -0.1) is 0 Å². The van der Waals surface area contributed by atoms with Crippen molar-refractivity contribution < 1.29 is 14.2 Å². The summed E-state index contributed by atoms with van der Waals surface area (Å²) in [4.78, 5) is 4.72. The lowest BCUT2D eigenvalue weighted by molar-refractivity contribution is 0.166. The second kappa shape index (κ2) is 11.5. The van der Waals surface area contributed by atoms with E-state index in [1.807, 2.05) is 24.3 Å². The molecule has 2 aromatic carbocycles. The van der Waals surface area contributed by atoms with Gasteiger partial charge in [-0.3, -0.25) is 0 Å². The number of guanidine groups is 1. The maximum absolute atomic E-state index is 6.16. The van der Waals surface area contributed by atoms with E-state index in [2.05, 4.69) is 42.7 Å². The summed E-state index contributed by atoms with van der Waals surface area (Å²) in [6, 6.07) is 14.3. The molecule has 1 heterocycles. The standard InChI is InChI=1S/C24H33N3O3/c1-4-25-24(26-14-20-7-5-6-8-22(20)28-3)27-15-21-10-9-18(2)13-23(21)30-17-19-11-12-29-16-19/h5-10,13,19H,4,11-12,14-17H2,1-3H3,(H2,25,26,27). The van der Waals surface area contributed by atoms with Gasteiger partial charge >= 0.3 is 0 Å². The average Bonchev–Trinajstić information content (AvgIpc) is 3.29. The fourth-order valence-electron chi connectivity index (χ4n) is 3.38. The molecule has 3 rings (SSSR count). The number of aliphatic imine (C=N–C) groups is 1. The van der Waals surface area contributed by atoms with Crippen molar-refractivity contribution >= 4 is 5.96 Å². The monoisotopic (exact) mass is 411 g/mol. The zero-order valence-electron chi connectivity index (χ0n) is 18.2. The maximum atomic E-state index is 6.16. The van der Waals surface area contributed by atoms with Crippen molar-refractivity contribution in [2.75, 3.05) is 33.5 Å². The number of methoxy groups -OCH3 is 1. The van der Waals surface area contributed by atoms with E-state index in [4.69, 9.17) is 19.2 Å². The van der Waals surface area contributed by atoms with Crippen LogP contribution < -0.4 is 20.1 Å². The summed E-state index contributed by atoms with van der Waals surface area (Å²) < 4.78 is 17.0. The van der Waals surface area contributed by atoms with Crippen LogP contribution in [-0.4, -0.2) is 39.4 Å². The largest absolute Gasteiger partial charge is 0.496 e. The lowest BCUT2D eigenvalue weighted by atomic mass is 10.1. The van der Waals surface area contributed by atoms with Crippen LogP contribution in [-0.2, 0) is 17.8 Å². The Morgan fingerprint density at radius 2 is 2.00 bits per heavy atom. The second-order valence-electron chi connectivity index (χ2n) is 7.51. The molecule has 1 aliphatic rings. The van der Waals surface area contributed by atoms with Crippen LogP contribution in [0.4, 0.5) is 0 Å². The number of benzene rings is 2. The van der Waals surface area contributed by atoms with E-state index in [0.29, 0.717) is 25.6 Å². The van der Waals surface area contributed by atoms with Crippen LogP contribution in [0.15, 0.2) is 47.5 Å². The lowest BCUT2D eigenvalue weighted by Crippen LogP contribution is -2.36. The van der Waals surface area contributed by atoms with Crippen molar-refractivity contribution in [3.05, 3.63) is 59.2 Å². The summed E-state index contributed by atoms with van der Waals surface area (Å²) in [5.41, 5.74) is 3.35. The minimum atomic E-state index is 0.478. The quantitative estimate of drug-likeness (QED) is 0.487. The van der Waals surface area contributed by atoms with Gasteiger partial charge < -0.3 is 24.8 Å². The van der Waals surface area contributed by atoms with Gasteiger partial charge in [0.2, 0.25) is 0 Å². The number of hydrogen-bond donors (Lipinski definition) is 2. The number of hydrogen-bond acceptors (Lipinski definition) is 4. The predicted octanol–water partition coefficient (Wildman–Crippen LogP) is 3.67. The zero-order chi connectivity index (χ0) is 21.2. The minimum absolute atomic E-state index is 0.478. The van der Waals surface area contributed by atoms with E-state index < -0.39 is 0 Å². The Bertz CT molecular complexity index is 832. The van der Waals surface area contributed by atoms with E-state index in [1.54, 1.807) is 7.11 Å². The molecule has 0 amide bonds. The zero-order valence-corrected chi connectivity index (χ0v) is 18.2. The first-order valence-corrected chi connectivity index (χ1v) is 10.6. The van der Waals surface area contributed by atoms with Gasteiger partial charge in [0.15, 0.2) is 5.96 Å². The van der Waals surface area contributed by atoms with Crippen LogP contribution in [0, 0.1) is 12.8 Å². The topological polar surface area (TPSA) is 64.1 Å². The fourth-order valence-corrected chi connectivity index (χ4v) is 3.38. The van der Waals surface area contributed by atoms with E-state index in [9.17, 15) is 0 Å². The molecule has 1 saturated heterocycles. The van der Waals surface area contributed by atoms with Crippen molar-refractivity contribution in [2.45, 2.75) is 33.4 Å². The van der Waals surface area contributed by atoms with Gasteiger partial charge in [0, 0.05) is 36.7 Å². The second-order valence-corrected chi connectivity index (χ2v) is 7.51. The Balaban J connectivity index is 1.64. The molecule has 30 heavy (non-hydrogen) atoms. The van der Waals surface area contributed by atoms with Crippen LogP contribution in [0.3, 0.4) is 0 Å². The fraction of sp³-hybridized carbons (Fsp3) is 0.458. The van der Waals surface area contributed by atoms with Crippen LogP contribution in [0.1, 0.15) is 30.0 Å². The van der Waals surface area contributed by atoms with Crippen LogP contribution in [0.25, 0.3) is 0 Å². The third-order valence-corrected chi connectivity index (χ3v) is 5.11. The van der Waals surface area contributed by atoms with Gasteiger partial charge in [0.1, 0.15) is 11.5 Å². The molecule has 0 bridgehead atoms. The van der Waals surface area contributed by atoms with E-state index in [0.717, 1.165) is 54.8 Å². The molecule has 1 aliphatic heterocycles. The molecule has 6 heteroatoms. The molecule has 162 valence electrons. The summed E-state index contributed by atoms with van der Waals surface area (Å²) in [5.74, 6) is 3.02. The molecule has 0 saturated carbocycles. The SMILES string of the molecule is CCNC(=NCc1ccccc1OC)NCc1ccc(C)cc1OCC1CCOC1. The first kappa shape index (κ1) is 22.0. The number of ether oxygens (including phenoxy) is 3. The Kier molecular flexibility index (Phi) is 8.39. The van der Waals surface area contributed by atoms with Gasteiger partial charge in [-0.1, -0.05) is 30.3 Å². The van der Waals surface area contributed by atoms with E-state index in [-0.39, 0.29) is 0 Å². The molecule has 6 nitrogen and oxygen atoms in total. The average molecular weight is 412 g/mol. The van der Waals surface area contributed by atoms with Gasteiger partial charge in [0.05, 0.1) is 26.9 Å². The Hall–Kier alpha value is -2.73. The molecule has 2 aromatic rings. The number of para-hydroxylation sites is 1. The number of nitrogens with zero attached hydrogens (tertiary/aromatic N) is 1. The van der Waals surface area contributed by atoms with Crippen LogP contribution in [0.5, 0.6) is 11.5 Å². The summed E-state index contributed by atoms with van der Waals surface area (Å²) in [5, 5.41) is 6.73. The van der Waals surface area contributed by atoms with Gasteiger partial charge in [0.25, 0.3) is 0 Å². The molecule has 1 atom stereocenters. The third kappa shape index (κ3) is 6.39. The van der Waals surface area contributed by atoms with E-state index in [1.165, 1.54) is 5.56 Å². The van der Waals surface area contributed by atoms with Crippen LogP contribution >= 0.6 is 0 Å². The highest BCUT2D eigenvalue weighted by Crippen LogP contribution is 2.23. The first-order valence-electron chi connectivity index (χ1n) is 10.6. The third-order valence-electron chi connectivity index (χ3n) is 5.11. The van der Waals surface area contributed by atoms with Gasteiger partial charge in [-0.25, -0.2) is 4.99 Å². The highest BCUT2D eigenvalue weighted by molar-refractivity contribution is 5.79. The summed E-state index contributed by atoms with van der Waals surface area (Å²) in [7, 11) is 1.68. The van der Waals surface area contributed by atoms with Crippen molar-refractivity contribution in [1.29, 1.82) is 0 Å². The Labute approximate surface area is 179 Å². The predicted molar refractivity (Wildman–Crippen MR) is 120 cm³/mol. The normalized spacial score (nSPS) is 16.4. The van der Waals surface area contributed by atoms with Crippen molar-refractivity contribution in [3.8, 4) is 11.5 Å². The summed E-state index contributed by atoms with van der Waals surface area (Å²) >= 11 is 0. The smallest absolute Gasteiger partial charge is 0.191 e. The first-order chi connectivity index (χ1) is 14.7. The molecule has 1 fully saturated rings. The Morgan fingerprint density at radius 3 is 2.77 bits per heavy atom. The molecular formula is C24H33N3O3. The summed E-state index contributed by atoms with van der Waals surface area (Å²) in [6.07, 6.45) is 1.07. The minimum Gasteiger partial charge on any atom is -0.496 e. The van der Waals surface area contributed by atoms with Crippen molar-refractivity contribution in [3.63, 3.8) is 0 Å².